The zero-order valence-electron chi connectivity index (χ0n) is 15.7. The molecule has 0 bridgehead atoms. The Kier molecular flexibility index (Phi) is 5.71. The highest BCUT2D eigenvalue weighted by Gasteiger charge is 2.11. The Hall–Kier alpha value is -3.34. The van der Waals surface area contributed by atoms with E-state index in [-0.39, 0.29) is 5.91 Å². The average Bonchev–Trinajstić information content (AvgIpc) is 2.67. The zero-order valence-corrected chi connectivity index (χ0v) is 15.7. The molecule has 0 unspecified atom stereocenters. The van der Waals surface area contributed by atoms with Crippen LogP contribution in [0, 0.1) is 13.8 Å². The second kappa shape index (κ2) is 8.36. The summed E-state index contributed by atoms with van der Waals surface area (Å²) in [6.45, 7) is 6.56. The summed E-state index contributed by atoms with van der Waals surface area (Å²) in [5, 5.41) is 6.19. The van der Waals surface area contributed by atoms with E-state index in [2.05, 4.69) is 35.5 Å². The minimum Gasteiger partial charge on any atom is -0.492 e. The highest BCUT2D eigenvalue weighted by molar-refractivity contribution is 6.05. The van der Waals surface area contributed by atoms with Crippen LogP contribution in [0.25, 0.3) is 0 Å². The van der Waals surface area contributed by atoms with Crippen molar-refractivity contribution in [1.29, 1.82) is 0 Å². The number of aromatic nitrogens is 1. The first-order valence-electron chi connectivity index (χ1n) is 8.91. The largest absolute Gasteiger partial charge is 0.492 e. The number of benzene rings is 2. The molecule has 138 valence electrons. The summed E-state index contributed by atoms with van der Waals surface area (Å²) in [7, 11) is 0. The number of pyridine rings is 1. The van der Waals surface area contributed by atoms with Crippen molar-refractivity contribution >= 4 is 23.1 Å². The lowest BCUT2D eigenvalue weighted by atomic mass is 10.1. The fourth-order valence-electron chi connectivity index (χ4n) is 2.71. The molecule has 1 amide bonds. The van der Waals surface area contributed by atoms with E-state index in [9.17, 15) is 4.79 Å². The van der Waals surface area contributed by atoms with Crippen LogP contribution in [0.4, 0.5) is 17.2 Å². The van der Waals surface area contributed by atoms with Crippen LogP contribution < -0.4 is 15.4 Å². The minimum atomic E-state index is -0.214. The first-order valence-corrected chi connectivity index (χ1v) is 8.91. The number of hydrogen-bond acceptors (Lipinski definition) is 4. The summed E-state index contributed by atoms with van der Waals surface area (Å²) in [5.74, 6) is 1.05. The Morgan fingerprint density at radius 3 is 2.63 bits per heavy atom. The van der Waals surface area contributed by atoms with E-state index in [0.717, 1.165) is 11.3 Å². The van der Waals surface area contributed by atoms with Crippen LogP contribution in [0.1, 0.15) is 28.4 Å². The molecule has 1 aromatic heterocycles. The number of hydrogen-bond donors (Lipinski definition) is 2. The van der Waals surface area contributed by atoms with Gasteiger partial charge in [-0.2, -0.15) is 0 Å². The molecule has 0 aliphatic carbocycles. The fourth-order valence-corrected chi connectivity index (χ4v) is 2.71. The lowest BCUT2D eigenvalue weighted by Gasteiger charge is -2.13. The smallest absolute Gasteiger partial charge is 0.255 e. The molecule has 27 heavy (non-hydrogen) atoms. The molecule has 5 nitrogen and oxygen atoms in total. The van der Waals surface area contributed by atoms with Crippen molar-refractivity contribution in [3.8, 4) is 5.75 Å². The third-order valence-corrected chi connectivity index (χ3v) is 4.32. The molecular weight excluding hydrogens is 338 g/mol. The maximum atomic E-state index is 12.7. The van der Waals surface area contributed by atoms with E-state index >= 15 is 0 Å². The lowest BCUT2D eigenvalue weighted by molar-refractivity contribution is 0.102. The van der Waals surface area contributed by atoms with Gasteiger partial charge in [0, 0.05) is 17.4 Å². The van der Waals surface area contributed by atoms with Crippen LogP contribution in [0.5, 0.6) is 5.75 Å². The Balaban J connectivity index is 1.79. The van der Waals surface area contributed by atoms with Gasteiger partial charge < -0.3 is 15.4 Å². The van der Waals surface area contributed by atoms with Crippen LogP contribution in [0.15, 0.2) is 60.8 Å². The Morgan fingerprint density at radius 1 is 1.04 bits per heavy atom. The topological polar surface area (TPSA) is 63.2 Å². The SMILES string of the molecule is CCOc1ccccc1NC(=O)c1ccnc(Nc2cccc(C)c2C)c1. The summed E-state index contributed by atoms with van der Waals surface area (Å²) in [4.78, 5) is 17.0. The number of aryl methyl sites for hydroxylation is 1. The summed E-state index contributed by atoms with van der Waals surface area (Å²) in [6, 6.07) is 16.9. The highest BCUT2D eigenvalue weighted by atomic mass is 16.5. The lowest BCUT2D eigenvalue weighted by Crippen LogP contribution is -2.13. The molecular formula is C22H23N3O2. The van der Waals surface area contributed by atoms with E-state index in [1.54, 1.807) is 18.3 Å². The third kappa shape index (κ3) is 4.44. The molecule has 0 aliphatic rings. The van der Waals surface area contributed by atoms with Gasteiger partial charge in [0.25, 0.3) is 5.91 Å². The number of rotatable bonds is 6. The molecule has 1 heterocycles. The van der Waals surface area contributed by atoms with Crippen LogP contribution >= 0.6 is 0 Å². The quantitative estimate of drug-likeness (QED) is 0.642. The van der Waals surface area contributed by atoms with Crippen LogP contribution in [0.2, 0.25) is 0 Å². The summed E-state index contributed by atoms with van der Waals surface area (Å²) in [6.07, 6.45) is 1.62. The number of nitrogens with zero attached hydrogens (tertiary/aromatic N) is 1. The van der Waals surface area contributed by atoms with Crippen molar-refractivity contribution in [1.82, 2.24) is 4.98 Å². The van der Waals surface area contributed by atoms with Gasteiger partial charge in [0.1, 0.15) is 11.6 Å². The standard InChI is InChI=1S/C22H23N3O2/c1-4-27-20-11-6-5-9-19(20)25-22(26)17-12-13-23-21(14-17)24-18-10-7-8-15(2)16(18)3/h5-14H,4H2,1-3H3,(H,23,24)(H,25,26). The summed E-state index contributed by atoms with van der Waals surface area (Å²) in [5.41, 5.74) is 4.48. The van der Waals surface area contributed by atoms with E-state index in [1.165, 1.54) is 5.56 Å². The molecule has 5 heteroatoms. The molecule has 0 atom stereocenters. The molecule has 3 rings (SSSR count). The van der Waals surface area contributed by atoms with Crippen molar-refractivity contribution in [2.75, 3.05) is 17.2 Å². The predicted molar refractivity (Wildman–Crippen MR) is 109 cm³/mol. The molecule has 0 radical (unpaired) electrons. The van der Waals surface area contributed by atoms with Crippen LogP contribution in [-0.2, 0) is 0 Å². The molecule has 2 aromatic carbocycles. The maximum Gasteiger partial charge on any atom is 0.255 e. The van der Waals surface area contributed by atoms with E-state index in [1.807, 2.05) is 43.3 Å². The number of carbonyl (C=O) groups excluding carboxylic acids is 1. The first-order chi connectivity index (χ1) is 13.1. The monoisotopic (exact) mass is 361 g/mol. The summed E-state index contributed by atoms with van der Waals surface area (Å²) < 4.78 is 5.56. The number of carbonyl (C=O) groups is 1. The number of anilines is 3. The molecule has 0 saturated heterocycles. The van der Waals surface area contributed by atoms with Crippen LogP contribution in [-0.4, -0.2) is 17.5 Å². The van der Waals surface area contributed by atoms with E-state index < -0.39 is 0 Å². The van der Waals surface area contributed by atoms with Gasteiger partial charge in [0.15, 0.2) is 0 Å². The first kappa shape index (κ1) is 18.5. The zero-order chi connectivity index (χ0) is 19.2. The molecule has 0 spiro atoms. The van der Waals surface area contributed by atoms with E-state index in [0.29, 0.717) is 29.4 Å². The number of para-hydroxylation sites is 2. The normalized spacial score (nSPS) is 10.3. The molecule has 0 fully saturated rings. The van der Waals surface area contributed by atoms with Crippen LogP contribution in [0.3, 0.4) is 0 Å². The molecule has 2 N–H and O–H groups in total. The van der Waals surface area contributed by atoms with Gasteiger partial charge >= 0.3 is 0 Å². The maximum absolute atomic E-state index is 12.7. The number of ether oxygens (including phenoxy) is 1. The summed E-state index contributed by atoms with van der Waals surface area (Å²) >= 11 is 0. The molecule has 0 saturated carbocycles. The van der Waals surface area contributed by atoms with Gasteiger partial charge in [0.2, 0.25) is 0 Å². The predicted octanol–water partition coefficient (Wildman–Crippen LogP) is 5.09. The van der Waals surface area contributed by atoms with Gasteiger partial charge in [0.05, 0.1) is 12.3 Å². The van der Waals surface area contributed by atoms with Crippen molar-refractivity contribution in [2.45, 2.75) is 20.8 Å². The van der Waals surface area contributed by atoms with Crippen molar-refractivity contribution < 1.29 is 9.53 Å². The Morgan fingerprint density at radius 2 is 1.81 bits per heavy atom. The Bertz CT molecular complexity index is 954. The fraction of sp³-hybridized carbons (Fsp3) is 0.182. The van der Waals surface area contributed by atoms with Gasteiger partial charge in [-0.25, -0.2) is 4.98 Å². The van der Waals surface area contributed by atoms with Crippen molar-refractivity contribution in [3.63, 3.8) is 0 Å². The number of nitrogens with one attached hydrogen (secondary N) is 2. The van der Waals surface area contributed by atoms with Crippen molar-refractivity contribution in [3.05, 3.63) is 77.5 Å². The van der Waals surface area contributed by atoms with Gasteiger partial charge in [-0.1, -0.05) is 24.3 Å². The van der Waals surface area contributed by atoms with Crippen molar-refractivity contribution in [2.24, 2.45) is 0 Å². The third-order valence-electron chi connectivity index (χ3n) is 4.32. The van der Waals surface area contributed by atoms with Gasteiger partial charge in [-0.3, -0.25) is 4.79 Å². The minimum absolute atomic E-state index is 0.214. The average molecular weight is 361 g/mol. The molecule has 3 aromatic rings. The van der Waals surface area contributed by atoms with E-state index in [4.69, 9.17) is 4.74 Å². The van der Waals surface area contributed by atoms with Gasteiger partial charge in [-0.15, -0.1) is 0 Å². The molecule has 0 aliphatic heterocycles. The second-order valence-corrected chi connectivity index (χ2v) is 6.19. The van der Waals surface area contributed by atoms with Gasteiger partial charge in [-0.05, 0) is 62.2 Å². The Labute approximate surface area is 159 Å². The second-order valence-electron chi connectivity index (χ2n) is 6.19. The number of amides is 1. The highest BCUT2D eigenvalue weighted by Crippen LogP contribution is 2.25.